The summed E-state index contributed by atoms with van der Waals surface area (Å²) >= 11 is 0. The monoisotopic (exact) mass is 384 g/mol. The molecule has 0 saturated carbocycles. The van der Waals surface area contributed by atoms with Crippen LogP contribution in [0.25, 0.3) is 0 Å². The zero-order chi connectivity index (χ0) is 19.4. The topological polar surface area (TPSA) is 88.4 Å². The number of benzene rings is 2. The van der Waals surface area contributed by atoms with E-state index >= 15 is 0 Å². The van der Waals surface area contributed by atoms with E-state index in [1.807, 2.05) is 19.9 Å². The molecule has 6 nitrogen and oxygen atoms in total. The van der Waals surface area contributed by atoms with Gasteiger partial charge in [0.05, 0.1) is 17.7 Å². The number of furan rings is 1. The quantitative estimate of drug-likeness (QED) is 0.679. The van der Waals surface area contributed by atoms with E-state index in [4.69, 9.17) is 4.42 Å². The van der Waals surface area contributed by atoms with Crippen molar-refractivity contribution in [2.75, 3.05) is 4.72 Å². The molecule has 0 bridgehead atoms. The summed E-state index contributed by atoms with van der Waals surface area (Å²) in [6, 6.07) is 14.8. The molecule has 0 aliphatic carbocycles. The first kappa shape index (κ1) is 18.7. The Morgan fingerprint density at radius 2 is 1.67 bits per heavy atom. The third-order valence-corrected chi connectivity index (χ3v) is 5.30. The van der Waals surface area contributed by atoms with Gasteiger partial charge in [-0.25, -0.2) is 8.42 Å². The maximum Gasteiger partial charge on any atom is 0.261 e. The highest BCUT2D eigenvalue weighted by Crippen LogP contribution is 2.19. The molecule has 1 amide bonds. The van der Waals surface area contributed by atoms with Crippen molar-refractivity contribution in [3.63, 3.8) is 0 Å². The SMILES string of the molecule is Cc1cc(C)cc(NS(=O)(=O)c2ccc(C(=O)NCc3ccco3)cc2)c1. The minimum absolute atomic E-state index is 0.0873. The van der Waals surface area contributed by atoms with Gasteiger partial charge in [0, 0.05) is 11.3 Å². The van der Waals surface area contributed by atoms with Crippen molar-refractivity contribution in [1.82, 2.24) is 5.32 Å². The van der Waals surface area contributed by atoms with Gasteiger partial charge < -0.3 is 9.73 Å². The van der Waals surface area contributed by atoms with Crippen LogP contribution in [-0.4, -0.2) is 14.3 Å². The minimum atomic E-state index is -3.73. The van der Waals surface area contributed by atoms with E-state index in [1.165, 1.54) is 30.5 Å². The van der Waals surface area contributed by atoms with E-state index in [0.29, 0.717) is 17.0 Å². The Morgan fingerprint density at radius 3 is 2.26 bits per heavy atom. The molecule has 3 rings (SSSR count). The molecule has 7 heteroatoms. The normalized spacial score (nSPS) is 11.2. The molecule has 3 aromatic rings. The van der Waals surface area contributed by atoms with Crippen LogP contribution in [0.1, 0.15) is 27.2 Å². The van der Waals surface area contributed by atoms with E-state index < -0.39 is 10.0 Å². The summed E-state index contributed by atoms with van der Waals surface area (Å²) in [4.78, 5) is 12.2. The van der Waals surface area contributed by atoms with Gasteiger partial charge in [-0.05, 0) is 73.5 Å². The zero-order valence-electron chi connectivity index (χ0n) is 15.0. The number of carbonyl (C=O) groups excluding carboxylic acids is 1. The predicted molar refractivity (Wildman–Crippen MR) is 103 cm³/mol. The Hall–Kier alpha value is -3.06. The largest absolute Gasteiger partial charge is 0.467 e. The Morgan fingerprint density at radius 1 is 1.00 bits per heavy atom. The molecule has 0 radical (unpaired) electrons. The number of amides is 1. The number of aryl methyl sites for hydroxylation is 2. The molecule has 0 atom stereocenters. The van der Waals surface area contributed by atoms with Crippen LogP contribution in [0.4, 0.5) is 5.69 Å². The lowest BCUT2D eigenvalue weighted by Gasteiger charge is -2.10. The Bertz CT molecular complexity index is 1020. The van der Waals surface area contributed by atoms with Crippen LogP contribution in [0.2, 0.25) is 0 Å². The van der Waals surface area contributed by atoms with Gasteiger partial charge >= 0.3 is 0 Å². The fourth-order valence-corrected chi connectivity index (χ4v) is 3.76. The molecule has 1 aromatic heterocycles. The second kappa shape index (κ2) is 7.67. The standard InChI is InChI=1S/C20H20N2O4S/c1-14-10-15(2)12-17(11-14)22-27(24,25)19-7-5-16(6-8-19)20(23)21-13-18-4-3-9-26-18/h3-12,22H,13H2,1-2H3,(H,21,23). The van der Waals surface area contributed by atoms with Crippen LogP contribution in [0, 0.1) is 13.8 Å². The lowest BCUT2D eigenvalue weighted by Crippen LogP contribution is -2.22. The predicted octanol–water partition coefficient (Wildman–Crippen LogP) is 3.63. The highest BCUT2D eigenvalue weighted by atomic mass is 32.2. The molecule has 0 aliphatic rings. The molecule has 0 aliphatic heterocycles. The van der Waals surface area contributed by atoms with Crippen molar-refractivity contribution in [2.45, 2.75) is 25.3 Å². The van der Waals surface area contributed by atoms with Crippen LogP contribution >= 0.6 is 0 Å². The Labute approximate surface area is 158 Å². The number of rotatable bonds is 6. The number of carbonyl (C=O) groups is 1. The Kier molecular flexibility index (Phi) is 5.32. The van der Waals surface area contributed by atoms with Crippen molar-refractivity contribution in [2.24, 2.45) is 0 Å². The third kappa shape index (κ3) is 4.77. The number of hydrogen-bond acceptors (Lipinski definition) is 4. The fourth-order valence-electron chi connectivity index (χ4n) is 2.72. The van der Waals surface area contributed by atoms with Gasteiger partial charge in [0.1, 0.15) is 5.76 Å². The summed E-state index contributed by atoms with van der Waals surface area (Å²) in [7, 11) is -3.73. The van der Waals surface area contributed by atoms with Gasteiger partial charge in [-0.3, -0.25) is 9.52 Å². The highest BCUT2D eigenvalue weighted by molar-refractivity contribution is 7.92. The van der Waals surface area contributed by atoms with Gasteiger partial charge in [0.25, 0.3) is 15.9 Å². The van der Waals surface area contributed by atoms with Gasteiger partial charge in [0.2, 0.25) is 0 Å². The molecular weight excluding hydrogens is 364 g/mol. The van der Waals surface area contributed by atoms with E-state index in [-0.39, 0.29) is 17.3 Å². The smallest absolute Gasteiger partial charge is 0.261 e. The number of anilines is 1. The van der Waals surface area contributed by atoms with Crippen LogP contribution in [0.15, 0.2) is 70.2 Å². The van der Waals surface area contributed by atoms with Crippen LogP contribution in [0.3, 0.4) is 0 Å². The van der Waals surface area contributed by atoms with Crippen molar-refractivity contribution in [3.8, 4) is 0 Å². The minimum Gasteiger partial charge on any atom is -0.467 e. The average molecular weight is 384 g/mol. The summed E-state index contributed by atoms with van der Waals surface area (Å²) in [5, 5.41) is 2.71. The third-order valence-electron chi connectivity index (χ3n) is 3.90. The number of nitrogens with one attached hydrogen (secondary N) is 2. The molecular formula is C20H20N2O4S. The molecule has 1 heterocycles. The van der Waals surface area contributed by atoms with Crippen molar-refractivity contribution in [3.05, 3.63) is 83.3 Å². The Balaban J connectivity index is 1.70. The van der Waals surface area contributed by atoms with E-state index in [9.17, 15) is 13.2 Å². The first-order valence-corrected chi connectivity index (χ1v) is 9.83. The van der Waals surface area contributed by atoms with Gasteiger partial charge in [-0.1, -0.05) is 6.07 Å². The molecule has 0 spiro atoms. The molecule has 0 fully saturated rings. The fraction of sp³-hybridized carbons (Fsp3) is 0.150. The van der Waals surface area contributed by atoms with Crippen molar-refractivity contribution >= 4 is 21.6 Å². The highest BCUT2D eigenvalue weighted by Gasteiger charge is 2.15. The lowest BCUT2D eigenvalue weighted by atomic mass is 10.1. The summed E-state index contributed by atoms with van der Waals surface area (Å²) in [6.45, 7) is 4.07. The first-order chi connectivity index (χ1) is 12.8. The number of hydrogen-bond donors (Lipinski definition) is 2. The first-order valence-electron chi connectivity index (χ1n) is 8.35. The van der Waals surface area contributed by atoms with Gasteiger partial charge in [0.15, 0.2) is 0 Å². The van der Waals surface area contributed by atoms with Crippen LogP contribution in [-0.2, 0) is 16.6 Å². The second-order valence-electron chi connectivity index (χ2n) is 6.27. The van der Waals surface area contributed by atoms with E-state index in [0.717, 1.165) is 11.1 Å². The molecule has 2 aromatic carbocycles. The molecule has 27 heavy (non-hydrogen) atoms. The maximum atomic E-state index is 12.6. The summed E-state index contributed by atoms with van der Waals surface area (Å²) in [6.07, 6.45) is 1.53. The number of sulfonamides is 1. The van der Waals surface area contributed by atoms with Crippen molar-refractivity contribution < 1.29 is 17.6 Å². The van der Waals surface area contributed by atoms with E-state index in [2.05, 4.69) is 10.0 Å². The summed E-state index contributed by atoms with van der Waals surface area (Å²) < 4.78 is 32.8. The second-order valence-corrected chi connectivity index (χ2v) is 7.95. The van der Waals surface area contributed by atoms with Crippen molar-refractivity contribution in [1.29, 1.82) is 0 Å². The molecule has 0 unspecified atom stereocenters. The van der Waals surface area contributed by atoms with E-state index in [1.54, 1.807) is 24.3 Å². The van der Waals surface area contributed by atoms with Crippen LogP contribution in [0.5, 0.6) is 0 Å². The average Bonchev–Trinajstić information content (AvgIpc) is 3.12. The van der Waals surface area contributed by atoms with Gasteiger partial charge in [-0.15, -0.1) is 0 Å². The molecule has 140 valence electrons. The zero-order valence-corrected chi connectivity index (χ0v) is 15.8. The van der Waals surface area contributed by atoms with Gasteiger partial charge in [-0.2, -0.15) is 0 Å². The maximum absolute atomic E-state index is 12.6. The van der Waals surface area contributed by atoms with Crippen LogP contribution < -0.4 is 10.0 Å². The molecule has 2 N–H and O–H groups in total. The molecule has 0 saturated heterocycles. The summed E-state index contributed by atoms with van der Waals surface area (Å²) in [5.41, 5.74) is 2.81. The lowest BCUT2D eigenvalue weighted by molar-refractivity contribution is 0.0948. The summed E-state index contributed by atoms with van der Waals surface area (Å²) in [5.74, 6) is 0.331.